The molecule has 29 heavy (non-hydrogen) atoms. The van der Waals surface area contributed by atoms with E-state index in [1.54, 1.807) is 0 Å². The molecule has 4 atom stereocenters. The third-order valence-electron chi connectivity index (χ3n) is 10.0. The molecule has 0 aromatic carbocycles. The van der Waals surface area contributed by atoms with Crippen LogP contribution in [0.25, 0.3) is 0 Å². The standard InChI is InChI=1S/2C13H26N.CH4/c2*1-3-14(4-2)11-7-9-12-8-5-6-10-13(12)14;/h2*12-13H,3-11H2,1-2H3;1H4/q2*+1;/t12-,13+;12-,13-;/m11./s1. The lowest BCUT2D eigenvalue weighted by molar-refractivity contribution is -0.957. The van der Waals surface area contributed by atoms with Gasteiger partial charge in [0.05, 0.1) is 51.4 Å². The van der Waals surface area contributed by atoms with Crippen LogP contribution in [0.1, 0.15) is 112 Å². The van der Waals surface area contributed by atoms with Crippen molar-refractivity contribution in [1.82, 2.24) is 0 Å². The van der Waals surface area contributed by atoms with Crippen LogP contribution in [-0.2, 0) is 0 Å². The molecule has 0 spiro atoms. The largest absolute Gasteiger partial charge is 0.321 e. The quantitative estimate of drug-likeness (QED) is 0.438. The van der Waals surface area contributed by atoms with Crippen LogP contribution in [0.4, 0.5) is 0 Å². The summed E-state index contributed by atoms with van der Waals surface area (Å²) >= 11 is 0. The first kappa shape index (κ1) is 25.2. The minimum Gasteiger partial charge on any atom is -0.321 e. The topological polar surface area (TPSA) is 0 Å². The number of fused-ring (bicyclic) bond motifs is 2. The minimum atomic E-state index is 0. The van der Waals surface area contributed by atoms with E-state index >= 15 is 0 Å². The third kappa shape index (κ3) is 5.22. The Hall–Kier alpha value is -0.0800. The maximum Gasteiger partial charge on any atom is 0.0918 e. The first-order valence-electron chi connectivity index (χ1n) is 13.4. The second-order valence-electron chi connectivity index (χ2n) is 10.7. The molecule has 0 radical (unpaired) electrons. The Morgan fingerprint density at radius 1 is 0.483 bits per heavy atom. The molecular formula is C27H56N2+2. The molecule has 2 heteroatoms. The fraction of sp³-hybridized carbons (Fsp3) is 1.00. The van der Waals surface area contributed by atoms with Crippen LogP contribution in [0.5, 0.6) is 0 Å². The van der Waals surface area contributed by atoms with Crippen LogP contribution >= 0.6 is 0 Å². The van der Waals surface area contributed by atoms with Gasteiger partial charge in [0.2, 0.25) is 0 Å². The second kappa shape index (κ2) is 11.5. The fourth-order valence-electron chi connectivity index (χ4n) is 8.18. The second-order valence-corrected chi connectivity index (χ2v) is 10.7. The summed E-state index contributed by atoms with van der Waals surface area (Å²) in [4.78, 5) is 0. The van der Waals surface area contributed by atoms with E-state index in [2.05, 4.69) is 27.7 Å². The summed E-state index contributed by atoms with van der Waals surface area (Å²) in [5.41, 5.74) is 0. The van der Waals surface area contributed by atoms with Gasteiger partial charge in [-0.2, -0.15) is 0 Å². The Balaban J connectivity index is 0.000000200. The van der Waals surface area contributed by atoms with Gasteiger partial charge in [-0.3, -0.25) is 0 Å². The maximum absolute atomic E-state index is 2.40. The maximum atomic E-state index is 2.40. The summed E-state index contributed by atoms with van der Waals surface area (Å²) in [6, 6.07) is 2.07. The Morgan fingerprint density at radius 2 is 0.793 bits per heavy atom. The van der Waals surface area contributed by atoms with Gasteiger partial charge in [0, 0.05) is 11.8 Å². The van der Waals surface area contributed by atoms with Crippen molar-refractivity contribution in [1.29, 1.82) is 0 Å². The summed E-state index contributed by atoms with van der Waals surface area (Å²) in [6.07, 6.45) is 18.2. The van der Waals surface area contributed by atoms with Gasteiger partial charge < -0.3 is 8.97 Å². The van der Waals surface area contributed by atoms with Crippen molar-refractivity contribution in [3.8, 4) is 0 Å². The summed E-state index contributed by atoms with van der Waals surface area (Å²) in [5.74, 6) is 2.16. The molecule has 0 aromatic heterocycles. The Kier molecular flexibility index (Phi) is 10.00. The normalized spacial score (nSPS) is 35.2. The molecule has 0 aromatic rings. The zero-order chi connectivity index (χ0) is 20.0. The number of hydrogen-bond donors (Lipinski definition) is 0. The first-order valence-corrected chi connectivity index (χ1v) is 13.4. The number of piperidine rings is 2. The van der Waals surface area contributed by atoms with Gasteiger partial charge >= 0.3 is 0 Å². The molecule has 0 bridgehead atoms. The van der Waals surface area contributed by atoms with Gasteiger partial charge in [-0.1, -0.05) is 20.3 Å². The highest BCUT2D eigenvalue weighted by atomic mass is 15.4. The molecule has 0 unspecified atom stereocenters. The lowest BCUT2D eigenvalue weighted by Gasteiger charge is -2.52. The van der Waals surface area contributed by atoms with Crippen molar-refractivity contribution in [2.24, 2.45) is 11.8 Å². The lowest BCUT2D eigenvalue weighted by atomic mass is 9.76. The van der Waals surface area contributed by atoms with Crippen molar-refractivity contribution in [2.45, 2.75) is 124 Å². The molecular weight excluding hydrogens is 352 g/mol. The summed E-state index contributed by atoms with van der Waals surface area (Å²) < 4.78 is 2.90. The van der Waals surface area contributed by atoms with Gasteiger partial charge in [-0.25, -0.2) is 0 Å². The van der Waals surface area contributed by atoms with Gasteiger partial charge in [0.1, 0.15) is 0 Å². The van der Waals surface area contributed by atoms with Crippen molar-refractivity contribution in [3.05, 3.63) is 0 Å². The van der Waals surface area contributed by atoms with Crippen LogP contribution in [-0.4, -0.2) is 60.3 Å². The van der Waals surface area contributed by atoms with Crippen molar-refractivity contribution in [3.63, 3.8) is 0 Å². The van der Waals surface area contributed by atoms with E-state index in [0.717, 1.165) is 23.9 Å². The number of hydrogen-bond acceptors (Lipinski definition) is 0. The fourth-order valence-corrected chi connectivity index (χ4v) is 8.18. The Bertz CT molecular complexity index is 405. The number of likely N-dealkylation sites (tertiary alicyclic amines) is 2. The average Bonchev–Trinajstić information content (AvgIpc) is 2.78. The predicted molar refractivity (Wildman–Crippen MR) is 129 cm³/mol. The Labute approximate surface area is 184 Å². The van der Waals surface area contributed by atoms with Crippen LogP contribution in [0, 0.1) is 11.8 Å². The van der Waals surface area contributed by atoms with Crippen LogP contribution in [0.15, 0.2) is 0 Å². The SMILES string of the molecule is C.CC[N+]1(CC)CCC[C@H]2CCCC[C@@H]21.CC[N+]1(CC)CCC[C@H]2CCCC[C@H]21. The van der Waals surface area contributed by atoms with Crippen molar-refractivity contribution >= 4 is 0 Å². The van der Waals surface area contributed by atoms with Gasteiger partial charge in [-0.15, -0.1) is 0 Å². The molecule has 4 fully saturated rings. The molecule has 2 saturated heterocycles. The monoisotopic (exact) mass is 408 g/mol. The highest BCUT2D eigenvalue weighted by Gasteiger charge is 2.44. The van der Waals surface area contributed by atoms with Gasteiger partial charge in [-0.05, 0) is 91.9 Å². The molecule has 0 N–H and O–H groups in total. The molecule has 2 heterocycles. The van der Waals surface area contributed by atoms with Gasteiger partial charge in [0.15, 0.2) is 0 Å². The molecule has 2 nitrogen and oxygen atoms in total. The number of rotatable bonds is 4. The highest BCUT2D eigenvalue weighted by Crippen LogP contribution is 2.40. The molecule has 0 amide bonds. The molecule has 4 aliphatic rings. The summed E-state index contributed by atoms with van der Waals surface area (Å²) in [6.45, 7) is 18.0. The molecule has 2 saturated carbocycles. The zero-order valence-electron chi connectivity index (χ0n) is 19.9. The van der Waals surface area contributed by atoms with E-state index in [9.17, 15) is 0 Å². The van der Waals surface area contributed by atoms with Gasteiger partial charge in [0.25, 0.3) is 0 Å². The molecule has 2 aliphatic heterocycles. The van der Waals surface area contributed by atoms with E-state index in [0.29, 0.717) is 0 Å². The van der Waals surface area contributed by atoms with Crippen LogP contribution in [0.3, 0.4) is 0 Å². The van der Waals surface area contributed by atoms with E-state index < -0.39 is 0 Å². The van der Waals surface area contributed by atoms with E-state index in [1.165, 1.54) is 125 Å². The molecule has 4 rings (SSSR count). The molecule has 2 aliphatic carbocycles. The van der Waals surface area contributed by atoms with Crippen molar-refractivity contribution < 1.29 is 8.97 Å². The summed E-state index contributed by atoms with van der Waals surface area (Å²) in [5, 5.41) is 0. The smallest absolute Gasteiger partial charge is 0.0918 e. The third-order valence-corrected chi connectivity index (χ3v) is 10.0. The molecule has 172 valence electrons. The van der Waals surface area contributed by atoms with Crippen LogP contribution in [0.2, 0.25) is 0 Å². The highest BCUT2D eigenvalue weighted by molar-refractivity contribution is 4.81. The van der Waals surface area contributed by atoms with E-state index in [4.69, 9.17) is 0 Å². The zero-order valence-corrected chi connectivity index (χ0v) is 19.9. The van der Waals surface area contributed by atoms with E-state index in [1.807, 2.05) is 0 Å². The number of quaternary nitrogens is 2. The number of nitrogens with zero attached hydrogens (tertiary/aromatic N) is 2. The average molecular weight is 409 g/mol. The van der Waals surface area contributed by atoms with E-state index in [-0.39, 0.29) is 7.43 Å². The van der Waals surface area contributed by atoms with Crippen LogP contribution < -0.4 is 0 Å². The predicted octanol–water partition coefficient (Wildman–Crippen LogP) is 7.03. The first-order chi connectivity index (χ1) is 13.6. The summed E-state index contributed by atoms with van der Waals surface area (Å²) in [7, 11) is 0. The van der Waals surface area contributed by atoms with Crippen molar-refractivity contribution in [2.75, 3.05) is 39.3 Å². The Morgan fingerprint density at radius 3 is 1.14 bits per heavy atom. The minimum absolute atomic E-state index is 0. The lowest BCUT2D eigenvalue weighted by Crippen LogP contribution is -2.61.